The van der Waals surface area contributed by atoms with Crippen LogP contribution in [-0.2, 0) is 17.8 Å². The van der Waals surface area contributed by atoms with Crippen molar-refractivity contribution in [2.75, 3.05) is 38.2 Å². The second kappa shape index (κ2) is 8.48. The van der Waals surface area contributed by atoms with Gasteiger partial charge in [-0.2, -0.15) is 4.98 Å². The van der Waals surface area contributed by atoms with Crippen LogP contribution < -0.4 is 10.9 Å². The van der Waals surface area contributed by atoms with Crippen LogP contribution in [0.5, 0.6) is 0 Å². The summed E-state index contributed by atoms with van der Waals surface area (Å²) in [4.78, 5) is 26.2. The number of morpholine rings is 1. The van der Waals surface area contributed by atoms with Gasteiger partial charge < -0.3 is 14.6 Å². The normalized spacial score (nSPS) is 16.7. The summed E-state index contributed by atoms with van der Waals surface area (Å²) in [5, 5.41) is 2.66. The molecule has 1 saturated heterocycles. The molecule has 8 nitrogen and oxygen atoms in total. The fraction of sp³-hybridized carbons (Fsp3) is 0.389. The molecule has 0 radical (unpaired) electrons. The number of aromatic amines is 1. The summed E-state index contributed by atoms with van der Waals surface area (Å²) in [7, 11) is 0. The minimum absolute atomic E-state index is 0.0351. The van der Waals surface area contributed by atoms with Crippen molar-refractivity contribution >= 4 is 40.3 Å². The van der Waals surface area contributed by atoms with E-state index in [2.05, 4.69) is 25.2 Å². The van der Waals surface area contributed by atoms with Crippen molar-refractivity contribution in [3.05, 3.63) is 50.4 Å². The SMILES string of the molecule is [2H]c1c([2H])c(CNc2nc3ncn(CCN4CCOCC4)c3c(=O)[nH]2)c([2H])c(Cl)c1Cl. The maximum atomic E-state index is 12.7. The maximum Gasteiger partial charge on any atom is 0.278 e. The third kappa shape index (κ3) is 4.30. The van der Waals surface area contributed by atoms with E-state index in [-0.39, 0.29) is 51.8 Å². The number of anilines is 1. The monoisotopic (exact) mass is 425 g/mol. The van der Waals surface area contributed by atoms with Crippen LogP contribution in [-0.4, -0.2) is 57.3 Å². The summed E-state index contributed by atoms with van der Waals surface area (Å²) in [5.74, 6) is 0.146. The van der Waals surface area contributed by atoms with Crippen molar-refractivity contribution in [3.8, 4) is 0 Å². The van der Waals surface area contributed by atoms with E-state index in [1.54, 1.807) is 10.9 Å². The molecule has 0 unspecified atom stereocenters. The molecule has 148 valence electrons. The lowest BCUT2D eigenvalue weighted by Crippen LogP contribution is -2.38. The van der Waals surface area contributed by atoms with Gasteiger partial charge in [-0.3, -0.25) is 14.7 Å². The topological polar surface area (TPSA) is 88.1 Å². The van der Waals surface area contributed by atoms with Crippen LogP contribution in [0, 0.1) is 0 Å². The third-order valence-corrected chi connectivity index (χ3v) is 5.12. The number of aromatic nitrogens is 4. The van der Waals surface area contributed by atoms with Crippen molar-refractivity contribution < 1.29 is 8.85 Å². The Hall–Kier alpha value is -2.13. The van der Waals surface area contributed by atoms with Gasteiger partial charge >= 0.3 is 0 Å². The van der Waals surface area contributed by atoms with Gasteiger partial charge in [0.2, 0.25) is 5.95 Å². The molecule has 3 heterocycles. The summed E-state index contributed by atoms with van der Waals surface area (Å²) < 4.78 is 31.1. The molecule has 10 heteroatoms. The van der Waals surface area contributed by atoms with Crippen molar-refractivity contribution in [2.24, 2.45) is 0 Å². The Morgan fingerprint density at radius 2 is 2.07 bits per heavy atom. The predicted molar refractivity (Wildman–Crippen MR) is 109 cm³/mol. The average molecular weight is 426 g/mol. The number of benzene rings is 1. The highest BCUT2D eigenvalue weighted by molar-refractivity contribution is 6.42. The minimum atomic E-state index is -0.348. The molecular formula is C18H20Cl2N6O2. The first-order chi connectivity index (χ1) is 14.9. The zero-order valence-corrected chi connectivity index (χ0v) is 16.4. The van der Waals surface area contributed by atoms with Gasteiger partial charge in [0.25, 0.3) is 5.56 Å². The van der Waals surface area contributed by atoms with Crippen molar-refractivity contribution in [1.29, 1.82) is 0 Å². The molecule has 0 atom stereocenters. The first kappa shape index (κ1) is 15.8. The zero-order chi connectivity index (χ0) is 22.1. The van der Waals surface area contributed by atoms with Gasteiger partial charge in [0.05, 0.1) is 33.7 Å². The highest BCUT2D eigenvalue weighted by Gasteiger charge is 2.14. The summed E-state index contributed by atoms with van der Waals surface area (Å²) in [6, 6.07) is -0.603. The number of H-pyrrole nitrogens is 1. The molecule has 0 bridgehead atoms. The number of fused-ring (bicyclic) bond motifs is 1. The van der Waals surface area contributed by atoms with Gasteiger partial charge in [-0.05, 0) is 17.6 Å². The molecule has 2 N–H and O–H groups in total. The summed E-state index contributed by atoms with van der Waals surface area (Å²) in [6.07, 6.45) is 1.59. The quantitative estimate of drug-likeness (QED) is 0.630. The number of imidazole rings is 1. The Labute approximate surface area is 175 Å². The van der Waals surface area contributed by atoms with Gasteiger partial charge in [-0.1, -0.05) is 29.2 Å². The van der Waals surface area contributed by atoms with Crippen LogP contribution in [0.3, 0.4) is 0 Å². The molecule has 1 aromatic carbocycles. The Bertz CT molecular complexity index is 1150. The molecule has 0 spiro atoms. The zero-order valence-electron chi connectivity index (χ0n) is 17.9. The molecule has 1 aliphatic heterocycles. The van der Waals surface area contributed by atoms with E-state index in [9.17, 15) is 4.79 Å². The van der Waals surface area contributed by atoms with E-state index < -0.39 is 0 Å². The second-order valence-electron chi connectivity index (χ2n) is 6.31. The standard InChI is InChI=1S/C18H20Cl2N6O2/c19-13-2-1-12(9-14(13)20)10-21-18-23-16-15(17(27)24-18)26(11-22-16)4-3-25-5-7-28-8-6-25/h1-2,9,11H,3-8,10H2,(H2,21,23,24,27)/i1D,2D,9D. The average Bonchev–Trinajstić information content (AvgIpc) is 3.19. The van der Waals surface area contributed by atoms with Crippen LogP contribution in [0.15, 0.2) is 29.2 Å². The maximum absolute atomic E-state index is 12.7. The number of halogens is 2. The number of nitrogens with one attached hydrogen (secondary N) is 2. The summed E-state index contributed by atoms with van der Waals surface area (Å²) in [6.45, 7) is 4.49. The molecule has 1 aliphatic rings. The third-order valence-electron chi connectivity index (χ3n) is 4.45. The minimum Gasteiger partial charge on any atom is -0.379 e. The molecule has 4 rings (SSSR count). The van der Waals surface area contributed by atoms with Crippen LogP contribution in [0.25, 0.3) is 11.2 Å². The fourth-order valence-corrected chi connectivity index (χ4v) is 3.23. The number of hydrogen-bond donors (Lipinski definition) is 2. The lowest BCUT2D eigenvalue weighted by molar-refractivity contribution is 0.0365. The van der Waals surface area contributed by atoms with Gasteiger partial charge in [-0.25, -0.2) is 4.98 Å². The Kier molecular flexibility index (Phi) is 4.77. The van der Waals surface area contributed by atoms with Crippen LogP contribution in [0.1, 0.15) is 9.68 Å². The number of ether oxygens (including phenoxy) is 1. The van der Waals surface area contributed by atoms with Crippen LogP contribution >= 0.6 is 23.2 Å². The first-order valence-electron chi connectivity index (χ1n) is 10.3. The van der Waals surface area contributed by atoms with Gasteiger partial charge in [-0.15, -0.1) is 0 Å². The van der Waals surface area contributed by atoms with E-state index in [1.165, 1.54) is 0 Å². The molecule has 1 fully saturated rings. The van der Waals surface area contributed by atoms with Gasteiger partial charge in [0.1, 0.15) is 0 Å². The van der Waals surface area contributed by atoms with Crippen molar-refractivity contribution in [2.45, 2.75) is 13.1 Å². The molecule has 3 aromatic rings. The molecule has 2 aromatic heterocycles. The van der Waals surface area contributed by atoms with Crippen molar-refractivity contribution in [3.63, 3.8) is 0 Å². The summed E-state index contributed by atoms with van der Waals surface area (Å²) in [5.41, 5.74) is 0.502. The van der Waals surface area contributed by atoms with Crippen molar-refractivity contribution in [1.82, 2.24) is 24.4 Å². The highest BCUT2D eigenvalue weighted by atomic mass is 35.5. The lowest BCUT2D eigenvalue weighted by Gasteiger charge is -2.26. The first-order valence-corrected chi connectivity index (χ1v) is 9.55. The van der Waals surface area contributed by atoms with E-state index in [0.717, 1.165) is 19.6 Å². The Morgan fingerprint density at radius 1 is 1.25 bits per heavy atom. The van der Waals surface area contributed by atoms with Crippen LogP contribution in [0.4, 0.5) is 5.95 Å². The number of hydrogen-bond acceptors (Lipinski definition) is 6. The lowest BCUT2D eigenvalue weighted by atomic mass is 10.2. The Morgan fingerprint density at radius 3 is 2.89 bits per heavy atom. The smallest absolute Gasteiger partial charge is 0.278 e. The van der Waals surface area contributed by atoms with E-state index >= 15 is 0 Å². The van der Waals surface area contributed by atoms with Crippen LogP contribution in [0.2, 0.25) is 10.0 Å². The highest BCUT2D eigenvalue weighted by Crippen LogP contribution is 2.22. The van der Waals surface area contributed by atoms with Gasteiger partial charge in [0.15, 0.2) is 11.2 Å². The molecular weight excluding hydrogens is 403 g/mol. The van der Waals surface area contributed by atoms with E-state index in [4.69, 9.17) is 32.1 Å². The largest absolute Gasteiger partial charge is 0.379 e. The second-order valence-corrected chi connectivity index (χ2v) is 7.07. The number of rotatable bonds is 6. The number of nitrogens with zero attached hydrogens (tertiary/aromatic N) is 4. The van der Waals surface area contributed by atoms with E-state index in [1.807, 2.05) is 0 Å². The Balaban J connectivity index is 1.52. The molecule has 0 saturated carbocycles. The van der Waals surface area contributed by atoms with Gasteiger partial charge in [0, 0.05) is 32.7 Å². The van der Waals surface area contributed by atoms with E-state index in [0.29, 0.717) is 30.9 Å². The fourth-order valence-electron chi connectivity index (χ4n) is 2.98. The molecule has 0 aliphatic carbocycles. The molecule has 28 heavy (non-hydrogen) atoms. The predicted octanol–water partition coefficient (Wildman–Crippen LogP) is 2.37. The summed E-state index contributed by atoms with van der Waals surface area (Å²) >= 11 is 11.9. The molecule has 0 amide bonds.